The molecule has 3 nitrogen and oxygen atoms in total. The van der Waals surface area contributed by atoms with Gasteiger partial charge in [-0.1, -0.05) is 105 Å². The van der Waals surface area contributed by atoms with Gasteiger partial charge < -0.3 is 14.7 Å². The van der Waals surface area contributed by atoms with Crippen molar-refractivity contribution in [1.82, 2.24) is 0 Å². The van der Waals surface area contributed by atoms with Gasteiger partial charge in [-0.2, -0.15) is 0 Å². The fraction of sp³-hybridized carbons (Fsp3) is 0.176. The predicted octanol–water partition coefficient (Wildman–Crippen LogP) is 12.2. The van der Waals surface area contributed by atoms with E-state index in [9.17, 15) is 0 Å². The first kappa shape index (κ1) is 32.5. The maximum absolute atomic E-state index is 2.84. The van der Waals surface area contributed by atoms with Gasteiger partial charge in [0.2, 0.25) is 0 Å². The van der Waals surface area contributed by atoms with E-state index in [-0.39, 0.29) is 17.7 Å². The van der Waals surface area contributed by atoms with Crippen LogP contribution in [0.3, 0.4) is 0 Å². The average molecular weight is 740 g/mol. The Bertz CT molecular complexity index is 2860. The van der Waals surface area contributed by atoms with E-state index in [4.69, 9.17) is 0 Å². The van der Waals surface area contributed by atoms with Crippen LogP contribution in [0.2, 0.25) is 0 Å². The molecule has 12 rings (SSSR count). The van der Waals surface area contributed by atoms with Gasteiger partial charge in [0, 0.05) is 65.4 Å². The van der Waals surface area contributed by atoms with E-state index in [0.29, 0.717) is 0 Å². The van der Waals surface area contributed by atoms with Gasteiger partial charge in [-0.3, -0.25) is 0 Å². The summed E-state index contributed by atoms with van der Waals surface area (Å²) >= 11 is 1.90. The van der Waals surface area contributed by atoms with Gasteiger partial charge in [-0.25, -0.2) is 0 Å². The zero-order valence-electron chi connectivity index (χ0n) is 32.1. The highest BCUT2D eigenvalue weighted by atomic mass is 32.1. The van der Waals surface area contributed by atoms with Crippen molar-refractivity contribution in [3.05, 3.63) is 163 Å². The Morgan fingerprint density at radius 2 is 1.29 bits per heavy atom. The summed E-state index contributed by atoms with van der Waals surface area (Å²) < 4.78 is 2.65. The summed E-state index contributed by atoms with van der Waals surface area (Å²) in [5.41, 5.74) is 17.3. The molecule has 56 heavy (non-hydrogen) atoms. The SMILES string of the molecule is Cc1cc2c3c(c1)N1c4c(cccc4C4(C)CCCCC14C)B3c1ccc(N(c3ccccc3)c3ccccc3)cc1N2c1cccc2sc3ccccc3c12. The van der Waals surface area contributed by atoms with E-state index in [1.54, 1.807) is 5.56 Å². The summed E-state index contributed by atoms with van der Waals surface area (Å²) in [5.74, 6) is 0. The standard InChI is InChI=1S/C51H42BN3S/c1-33-30-43-48-44(31-33)55-49-38(50(2)28-12-13-29-51(50,55)3)21-14-22-40(49)52(48)39-27-26-36(53(34-16-6-4-7-17-34)35-18-8-5-9-19-35)32-42(39)54(43)41-23-15-25-46-47(41)37-20-10-11-24-45(37)56-46/h4-11,14-27,30-32H,12-13,28-29H2,1-3H3. The first-order chi connectivity index (χ1) is 27.4. The van der Waals surface area contributed by atoms with E-state index in [0.717, 1.165) is 17.1 Å². The Kier molecular flexibility index (Phi) is 6.74. The molecule has 0 N–H and O–H groups in total. The van der Waals surface area contributed by atoms with Gasteiger partial charge >= 0.3 is 0 Å². The molecule has 1 saturated carbocycles. The molecule has 2 unspecified atom stereocenters. The Morgan fingerprint density at radius 1 is 0.589 bits per heavy atom. The fourth-order valence-electron chi connectivity index (χ4n) is 11.3. The molecule has 8 aromatic rings. The van der Waals surface area contributed by atoms with Crippen molar-refractivity contribution in [2.75, 3.05) is 14.7 Å². The van der Waals surface area contributed by atoms with Crippen LogP contribution < -0.4 is 31.1 Å². The minimum Gasteiger partial charge on any atom is -0.335 e. The molecule has 2 atom stereocenters. The molecule has 5 heteroatoms. The lowest BCUT2D eigenvalue weighted by atomic mass is 9.33. The number of hydrogen-bond donors (Lipinski definition) is 0. The second kappa shape index (κ2) is 11.6. The highest BCUT2D eigenvalue weighted by Gasteiger charge is 2.61. The largest absolute Gasteiger partial charge is 0.335 e. The van der Waals surface area contributed by atoms with Crippen molar-refractivity contribution >= 4 is 100 Å². The third kappa shape index (κ3) is 4.19. The molecule has 1 aliphatic carbocycles. The lowest BCUT2D eigenvalue weighted by molar-refractivity contribution is 0.195. The summed E-state index contributed by atoms with van der Waals surface area (Å²) in [6.07, 6.45) is 4.98. The van der Waals surface area contributed by atoms with Crippen LogP contribution in [0, 0.1) is 6.92 Å². The summed E-state index contributed by atoms with van der Waals surface area (Å²) in [4.78, 5) is 7.89. The van der Waals surface area contributed by atoms with Crippen LogP contribution in [0.25, 0.3) is 20.2 Å². The summed E-state index contributed by atoms with van der Waals surface area (Å²) in [6.45, 7) is 7.57. The number of aryl methyl sites for hydroxylation is 1. The smallest absolute Gasteiger partial charge is 0.252 e. The summed E-state index contributed by atoms with van der Waals surface area (Å²) in [7, 11) is 0. The van der Waals surface area contributed by atoms with Crippen molar-refractivity contribution in [2.24, 2.45) is 0 Å². The van der Waals surface area contributed by atoms with Gasteiger partial charge in [0.05, 0.1) is 11.2 Å². The van der Waals surface area contributed by atoms with Crippen molar-refractivity contribution in [2.45, 2.75) is 57.4 Å². The molecule has 0 saturated heterocycles. The first-order valence-corrected chi connectivity index (χ1v) is 21.1. The average Bonchev–Trinajstić information content (AvgIpc) is 3.71. The molecular weight excluding hydrogens is 697 g/mol. The van der Waals surface area contributed by atoms with Gasteiger partial charge in [0.15, 0.2) is 0 Å². The normalized spacial score (nSPS) is 20.2. The van der Waals surface area contributed by atoms with E-state index in [1.165, 1.54) is 96.2 Å². The minimum absolute atomic E-state index is 0.000622. The van der Waals surface area contributed by atoms with Gasteiger partial charge in [-0.05, 0) is 121 Å². The molecular formula is C51H42BN3S. The Labute approximate surface area is 333 Å². The van der Waals surface area contributed by atoms with Crippen LogP contribution in [0.4, 0.5) is 45.5 Å². The van der Waals surface area contributed by atoms with Gasteiger partial charge in [-0.15, -0.1) is 11.3 Å². The molecule has 0 amide bonds. The lowest BCUT2D eigenvalue weighted by Crippen LogP contribution is -2.64. The van der Waals surface area contributed by atoms with Gasteiger partial charge in [0.1, 0.15) is 0 Å². The van der Waals surface area contributed by atoms with E-state index >= 15 is 0 Å². The zero-order chi connectivity index (χ0) is 37.3. The van der Waals surface area contributed by atoms with Crippen molar-refractivity contribution in [3.63, 3.8) is 0 Å². The second-order valence-electron chi connectivity index (χ2n) is 16.9. The molecule has 1 aromatic heterocycles. The molecule has 7 aromatic carbocycles. The van der Waals surface area contributed by atoms with Gasteiger partial charge in [0.25, 0.3) is 6.71 Å². The van der Waals surface area contributed by atoms with E-state index in [2.05, 4.69) is 187 Å². The monoisotopic (exact) mass is 739 g/mol. The third-order valence-electron chi connectivity index (χ3n) is 14.0. The lowest BCUT2D eigenvalue weighted by Gasteiger charge is -2.53. The van der Waals surface area contributed by atoms with Crippen LogP contribution >= 0.6 is 11.3 Å². The molecule has 1 fully saturated rings. The third-order valence-corrected chi connectivity index (χ3v) is 15.1. The fourth-order valence-corrected chi connectivity index (χ4v) is 12.5. The molecule has 0 bridgehead atoms. The Morgan fingerprint density at radius 3 is 2.09 bits per heavy atom. The maximum Gasteiger partial charge on any atom is 0.252 e. The quantitative estimate of drug-likeness (QED) is 0.166. The Hall–Kier alpha value is -5.78. The number of benzene rings is 7. The first-order valence-electron chi connectivity index (χ1n) is 20.3. The van der Waals surface area contributed by atoms with Crippen LogP contribution in [0.5, 0.6) is 0 Å². The molecule has 4 aliphatic rings. The molecule has 4 heterocycles. The second-order valence-corrected chi connectivity index (χ2v) is 18.0. The van der Waals surface area contributed by atoms with E-state index < -0.39 is 0 Å². The highest BCUT2D eigenvalue weighted by Crippen LogP contribution is 2.62. The molecule has 0 radical (unpaired) electrons. The minimum atomic E-state index is 0.000622. The number of hydrogen-bond acceptors (Lipinski definition) is 4. The topological polar surface area (TPSA) is 9.72 Å². The molecule has 3 aliphatic heterocycles. The summed E-state index contributed by atoms with van der Waals surface area (Å²) in [6, 6.07) is 57.1. The molecule has 270 valence electrons. The van der Waals surface area contributed by atoms with Crippen molar-refractivity contribution in [3.8, 4) is 0 Å². The van der Waals surface area contributed by atoms with Crippen molar-refractivity contribution in [1.29, 1.82) is 0 Å². The van der Waals surface area contributed by atoms with Crippen LogP contribution in [0.15, 0.2) is 152 Å². The number of thiophene rings is 1. The van der Waals surface area contributed by atoms with Crippen LogP contribution in [0.1, 0.15) is 50.7 Å². The van der Waals surface area contributed by atoms with E-state index in [1.807, 2.05) is 11.3 Å². The molecule has 0 spiro atoms. The highest BCUT2D eigenvalue weighted by molar-refractivity contribution is 7.26. The number of nitrogens with zero attached hydrogens (tertiary/aromatic N) is 3. The maximum atomic E-state index is 2.84. The number of fused-ring (bicyclic) bond motifs is 10. The number of para-hydroxylation sites is 3. The predicted molar refractivity (Wildman–Crippen MR) is 241 cm³/mol. The Balaban J connectivity index is 1.19. The summed E-state index contributed by atoms with van der Waals surface area (Å²) in [5, 5.41) is 2.65. The van der Waals surface area contributed by atoms with Crippen LogP contribution in [-0.2, 0) is 5.41 Å². The van der Waals surface area contributed by atoms with Crippen molar-refractivity contribution < 1.29 is 0 Å². The number of anilines is 8. The van der Waals surface area contributed by atoms with Crippen LogP contribution in [-0.4, -0.2) is 12.3 Å². The number of rotatable bonds is 4. The zero-order valence-corrected chi connectivity index (χ0v) is 32.9.